The molecule has 2 rings (SSSR count). The van der Waals surface area contributed by atoms with E-state index in [1.165, 1.54) is 25.7 Å². The van der Waals surface area contributed by atoms with Crippen LogP contribution in [0.4, 0.5) is 6.01 Å². The summed E-state index contributed by atoms with van der Waals surface area (Å²) in [5, 5.41) is 14.4. The number of hydrogen-bond acceptors (Lipinski definition) is 5. The molecule has 0 radical (unpaired) electrons. The van der Waals surface area contributed by atoms with E-state index in [9.17, 15) is 0 Å². The van der Waals surface area contributed by atoms with Gasteiger partial charge in [-0.3, -0.25) is 0 Å². The van der Waals surface area contributed by atoms with Crippen molar-refractivity contribution in [2.75, 3.05) is 18.4 Å². The van der Waals surface area contributed by atoms with Gasteiger partial charge in [-0.1, -0.05) is 31.8 Å². The van der Waals surface area contributed by atoms with Gasteiger partial charge in [0.25, 0.3) is 0 Å². The summed E-state index contributed by atoms with van der Waals surface area (Å²) in [7, 11) is 0. The molecule has 1 fully saturated rings. The van der Waals surface area contributed by atoms with E-state index in [-0.39, 0.29) is 0 Å². The van der Waals surface area contributed by atoms with Gasteiger partial charge in [-0.25, -0.2) is 0 Å². The molecule has 1 heterocycles. The van der Waals surface area contributed by atoms with Crippen LogP contribution < -0.4 is 10.6 Å². The number of aromatic nitrogens is 2. The molecule has 1 aliphatic rings. The lowest BCUT2D eigenvalue weighted by Gasteiger charge is -2.22. The zero-order valence-corrected chi connectivity index (χ0v) is 10.8. The second-order valence-corrected chi connectivity index (χ2v) is 5.15. The van der Waals surface area contributed by atoms with Gasteiger partial charge in [0, 0.05) is 6.54 Å². The Balaban J connectivity index is 1.80. The topological polar surface area (TPSA) is 63.0 Å². The smallest absolute Gasteiger partial charge is 0.315 e. The third kappa shape index (κ3) is 3.43. The molecule has 1 aromatic heterocycles. The summed E-state index contributed by atoms with van der Waals surface area (Å²) in [5.74, 6) is 0.644. The summed E-state index contributed by atoms with van der Waals surface area (Å²) in [4.78, 5) is 0. The van der Waals surface area contributed by atoms with Crippen molar-refractivity contribution in [2.45, 2.75) is 46.1 Å². The van der Waals surface area contributed by atoms with E-state index in [1.807, 2.05) is 0 Å². The Hall–Kier alpha value is -1.10. The summed E-state index contributed by atoms with van der Waals surface area (Å²) in [6.07, 6.45) is 5.26. The minimum Gasteiger partial charge on any atom is -0.407 e. The highest BCUT2D eigenvalue weighted by molar-refractivity contribution is 5.18. The molecule has 0 amide bonds. The zero-order chi connectivity index (χ0) is 12.1. The fourth-order valence-electron chi connectivity index (χ4n) is 2.32. The third-order valence-electron chi connectivity index (χ3n) is 3.47. The van der Waals surface area contributed by atoms with Crippen LogP contribution in [0.3, 0.4) is 0 Å². The van der Waals surface area contributed by atoms with E-state index in [4.69, 9.17) is 4.42 Å². The zero-order valence-electron chi connectivity index (χ0n) is 10.8. The molecule has 0 atom stereocenters. The maximum absolute atomic E-state index is 5.49. The second kappa shape index (κ2) is 5.49. The first-order valence-electron chi connectivity index (χ1n) is 6.49. The first kappa shape index (κ1) is 12.4. The minimum absolute atomic E-state index is 0.399. The van der Waals surface area contributed by atoms with E-state index in [0.717, 1.165) is 13.1 Å². The Morgan fingerprint density at radius 1 is 1.29 bits per heavy atom. The van der Waals surface area contributed by atoms with E-state index < -0.39 is 0 Å². The second-order valence-electron chi connectivity index (χ2n) is 5.15. The molecule has 96 valence electrons. The molecular formula is C12H22N4O. The van der Waals surface area contributed by atoms with Crippen LogP contribution in [0.15, 0.2) is 4.42 Å². The highest BCUT2D eigenvalue weighted by Crippen LogP contribution is 2.37. The molecule has 0 aliphatic heterocycles. The molecule has 0 bridgehead atoms. The Morgan fingerprint density at radius 3 is 2.76 bits per heavy atom. The number of nitrogens with zero attached hydrogens (tertiary/aromatic N) is 2. The van der Waals surface area contributed by atoms with Gasteiger partial charge in [0.15, 0.2) is 0 Å². The summed E-state index contributed by atoms with van der Waals surface area (Å²) in [6, 6.07) is 0.547. The molecule has 5 heteroatoms. The molecule has 1 saturated carbocycles. The fraction of sp³-hybridized carbons (Fsp3) is 0.833. The van der Waals surface area contributed by atoms with E-state index in [1.54, 1.807) is 0 Å². The van der Waals surface area contributed by atoms with Crippen LogP contribution in [0, 0.1) is 5.41 Å². The lowest BCUT2D eigenvalue weighted by atomic mass is 9.89. The van der Waals surface area contributed by atoms with Crippen LogP contribution in [0.1, 0.15) is 45.4 Å². The highest BCUT2D eigenvalue weighted by Gasteiger charge is 2.28. The van der Waals surface area contributed by atoms with Crippen LogP contribution in [-0.4, -0.2) is 23.3 Å². The van der Waals surface area contributed by atoms with Crippen LogP contribution >= 0.6 is 0 Å². The molecule has 5 nitrogen and oxygen atoms in total. The lowest BCUT2D eigenvalue weighted by Crippen LogP contribution is -2.23. The van der Waals surface area contributed by atoms with Gasteiger partial charge in [-0.05, 0) is 24.8 Å². The molecule has 1 aliphatic carbocycles. The standard InChI is InChI=1S/C12H22N4O/c1-3-13-8-10-15-16-11(17-10)14-9-12(2)6-4-5-7-12/h13H,3-9H2,1-2H3,(H,14,16). The largest absolute Gasteiger partial charge is 0.407 e. The Kier molecular flexibility index (Phi) is 3.99. The van der Waals surface area contributed by atoms with Gasteiger partial charge in [0.05, 0.1) is 6.54 Å². The monoisotopic (exact) mass is 238 g/mol. The number of nitrogens with one attached hydrogen (secondary N) is 2. The molecule has 0 saturated heterocycles. The average molecular weight is 238 g/mol. The molecule has 1 aromatic rings. The van der Waals surface area contributed by atoms with E-state index >= 15 is 0 Å². The van der Waals surface area contributed by atoms with Crippen LogP contribution in [-0.2, 0) is 6.54 Å². The first-order valence-corrected chi connectivity index (χ1v) is 6.49. The molecule has 0 aromatic carbocycles. The maximum atomic E-state index is 5.49. The number of rotatable bonds is 6. The summed E-state index contributed by atoms with van der Waals surface area (Å²) in [5.41, 5.74) is 0.399. The van der Waals surface area contributed by atoms with Crippen LogP contribution in [0.2, 0.25) is 0 Å². The van der Waals surface area contributed by atoms with Gasteiger partial charge in [0.2, 0.25) is 5.89 Å². The lowest BCUT2D eigenvalue weighted by molar-refractivity contribution is 0.356. The van der Waals surface area contributed by atoms with Crippen molar-refractivity contribution >= 4 is 6.01 Å². The van der Waals surface area contributed by atoms with Gasteiger partial charge < -0.3 is 15.1 Å². The Labute approximate surface area is 102 Å². The van der Waals surface area contributed by atoms with Gasteiger partial charge >= 0.3 is 6.01 Å². The number of hydrogen-bond donors (Lipinski definition) is 2. The molecular weight excluding hydrogens is 216 g/mol. The molecule has 0 unspecified atom stereocenters. The van der Waals surface area contributed by atoms with Gasteiger partial charge in [0.1, 0.15) is 0 Å². The summed E-state index contributed by atoms with van der Waals surface area (Å²) >= 11 is 0. The van der Waals surface area contributed by atoms with Crippen molar-refractivity contribution in [3.63, 3.8) is 0 Å². The molecule has 0 spiro atoms. The normalized spacial score (nSPS) is 18.5. The third-order valence-corrected chi connectivity index (χ3v) is 3.47. The minimum atomic E-state index is 0.399. The van der Waals surface area contributed by atoms with Crippen molar-refractivity contribution in [1.82, 2.24) is 15.5 Å². The quantitative estimate of drug-likeness (QED) is 0.795. The van der Waals surface area contributed by atoms with Crippen molar-refractivity contribution in [3.05, 3.63) is 5.89 Å². The van der Waals surface area contributed by atoms with Crippen molar-refractivity contribution in [1.29, 1.82) is 0 Å². The summed E-state index contributed by atoms with van der Waals surface area (Å²) < 4.78 is 5.49. The number of anilines is 1. The van der Waals surface area contributed by atoms with Gasteiger partial charge in [-0.15, -0.1) is 5.10 Å². The molecule has 17 heavy (non-hydrogen) atoms. The van der Waals surface area contributed by atoms with E-state index in [0.29, 0.717) is 23.9 Å². The van der Waals surface area contributed by atoms with Crippen LogP contribution in [0.5, 0.6) is 0 Å². The van der Waals surface area contributed by atoms with Crippen molar-refractivity contribution in [3.8, 4) is 0 Å². The summed E-state index contributed by atoms with van der Waals surface area (Å²) in [6.45, 7) is 6.85. The fourth-order valence-corrected chi connectivity index (χ4v) is 2.32. The first-order chi connectivity index (χ1) is 8.22. The predicted molar refractivity (Wildman–Crippen MR) is 66.7 cm³/mol. The van der Waals surface area contributed by atoms with Crippen molar-refractivity contribution in [2.24, 2.45) is 5.41 Å². The average Bonchev–Trinajstić information content (AvgIpc) is 2.94. The van der Waals surface area contributed by atoms with Crippen molar-refractivity contribution < 1.29 is 4.42 Å². The van der Waals surface area contributed by atoms with Crippen LogP contribution in [0.25, 0.3) is 0 Å². The maximum Gasteiger partial charge on any atom is 0.315 e. The predicted octanol–water partition coefficient (Wildman–Crippen LogP) is 2.17. The Bertz CT molecular complexity index is 344. The SMILES string of the molecule is CCNCc1nnc(NCC2(C)CCCC2)o1. The van der Waals surface area contributed by atoms with Gasteiger partial charge in [-0.2, -0.15) is 0 Å². The highest BCUT2D eigenvalue weighted by atomic mass is 16.4. The Morgan fingerprint density at radius 2 is 2.06 bits per heavy atom. The molecule has 2 N–H and O–H groups in total. The van der Waals surface area contributed by atoms with E-state index in [2.05, 4.69) is 34.7 Å².